The minimum Gasteiger partial charge on any atom is -0.450 e. The molecule has 0 unspecified atom stereocenters. The summed E-state index contributed by atoms with van der Waals surface area (Å²) < 4.78 is 5.98. The van der Waals surface area contributed by atoms with Crippen molar-refractivity contribution in [3.63, 3.8) is 0 Å². The number of halogens is 1. The molecule has 4 aliphatic rings. The Morgan fingerprint density at radius 2 is 2.00 bits per heavy atom. The molecular formula is C24H33ClO5S. The van der Waals surface area contributed by atoms with Crippen molar-refractivity contribution in [1.82, 2.24) is 0 Å². The van der Waals surface area contributed by atoms with Crippen LogP contribution in [0.15, 0.2) is 11.6 Å². The Bertz CT molecular complexity index is 827. The number of rotatable bonds is 5. The van der Waals surface area contributed by atoms with E-state index in [2.05, 4.69) is 6.92 Å². The van der Waals surface area contributed by atoms with Crippen LogP contribution in [-0.4, -0.2) is 52.2 Å². The van der Waals surface area contributed by atoms with E-state index in [9.17, 15) is 19.5 Å². The number of aliphatic hydroxyl groups is 1. The van der Waals surface area contributed by atoms with Crippen molar-refractivity contribution in [3.05, 3.63) is 11.6 Å². The number of thioether (sulfide) groups is 1. The molecule has 0 aromatic heterocycles. The number of alkyl halides is 1. The molecule has 0 aromatic rings. The summed E-state index contributed by atoms with van der Waals surface area (Å²) in [5, 5.41) is 11.5. The van der Waals surface area contributed by atoms with E-state index in [1.165, 1.54) is 17.3 Å². The summed E-state index contributed by atoms with van der Waals surface area (Å²) in [6.07, 6.45) is 7.73. The maximum Gasteiger partial charge on any atom is 0.316 e. The summed E-state index contributed by atoms with van der Waals surface area (Å²) in [6, 6.07) is 0. The van der Waals surface area contributed by atoms with Gasteiger partial charge in [-0.05, 0) is 74.0 Å². The number of Topliss-reactive ketones (excluding diaryl/α,β-unsaturated/α-hetero) is 1. The van der Waals surface area contributed by atoms with Crippen LogP contribution in [0.2, 0.25) is 0 Å². The lowest BCUT2D eigenvalue weighted by molar-refractivity contribution is -0.198. The summed E-state index contributed by atoms with van der Waals surface area (Å²) in [6.45, 7) is 4.23. The average Bonchev–Trinajstić information content (AvgIpc) is 3.00. The van der Waals surface area contributed by atoms with E-state index in [1.54, 1.807) is 0 Å². The Hall–Kier alpha value is -0.850. The highest BCUT2D eigenvalue weighted by atomic mass is 35.5. The standard InChI is InChI=1S/C24H33ClO5S/c1-22-8-6-15(26)10-14(22)4-5-16-17-7-9-24(19(28)12-25,30-20(29)13-31-3)23(17,2)11-18(27)21(16)22/h10,16-18,21,27H,4-9,11-13H2,1-3H3/t16-,17+,18+,21+,22-,23+,24+/m1/s1. The van der Waals surface area contributed by atoms with Crippen LogP contribution in [0.1, 0.15) is 58.8 Å². The van der Waals surface area contributed by atoms with Gasteiger partial charge in [0.25, 0.3) is 0 Å². The summed E-state index contributed by atoms with van der Waals surface area (Å²) in [4.78, 5) is 37.8. The lowest BCUT2D eigenvalue weighted by Gasteiger charge is -2.60. The van der Waals surface area contributed by atoms with Crippen LogP contribution in [0.25, 0.3) is 0 Å². The molecule has 0 radical (unpaired) electrons. The molecule has 7 atom stereocenters. The summed E-state index contributed by atoms with van der Waals surface area (Å²) in [5.41, 5.74) is -0.914. The first-order chi connectivity index (χ1) is 14.6. The summed E-state index contributed by atoms with van der Waals surface area (Å²) >= 11 is 7.40. The minimum atomic E-state index is -1.27. The van der Waals surface area contributed by atoms with E-state index < -0.39 is 23.1 Å². The molecule has 0 saturated heterocycles. The molecule has 0 aliphatic heterocycles. The molecule has 3 saturated carbocycles. The van der Waals surface area contributed by atoms with Gasteiger partial charge in [-0.1, -0.05) is 19.4 Å². The van der Waals surface area contributed by atoms with E-state index >= 15 is 0 Å². The molecule has 0 amide bonds. The van der Waals surface area contributed by atoms with Crippen LogP contribution >= 0.6 is 23.4 Å². The number of esters is 1. The molecule has 5 nitrogen and oxygen atoms in total. The van der Waals surface area contributed by atoms with E-state index in [0.717, 1.165) is 25.7 Å². The zero-order valence-electron chi connectivity index (χ0n) is 18.6. The third-order valence-corrected chi connectivity index (χ3v) is 9.91. The second kappa shape index (κ2) is 8.18. The molecular weight excluding hydrogens is 436 g/mol. The first-order valence-corrected chi connectivity index (χ1v) is 13.3. The number of ketones is 2. The number of hydrogen-bond donors (Lipinski definition) is 1. The molecule has 0 aromatic carbocycles. The van der Waals surface area contributed by atoms with E-state index in [1.807, 2.05) is 19.3 Å². The van der Waals surface area contributed by atoms with E-state index in [-0.39, 0.29) is 46.4 Å². The zero-order valence-corrected chi connectivity index (χ0v) is 20.2. The van der Waals surface area contributed by atoms with Crippen molar-refractivity contribution in [2.24, 2.45) is 28.6 Å². The maximum absolute atomic E-state index is 13.2. The van der Waals surface area contributed by atoms with Gasteiger partial charge in [0.1, 0.15) is 0 Å². The van der Waals surface area contributed by atoms with Gasteiger partial charge in [-0.3, -0.25) is 14.4 Å². The lowest BCUT2D eigenvalue weighted by Crippen LogP contribution is -2.63. The van der Waals surface area contributed by atoms with Crippen LogP contribution in [-0.2, 0) is 19.1 Å². The quantitative estimate of drug-likeness (QED) is 0.486. The zero-order chi connectivity index (χ0) is 22.6. The molecule has 4 rings (SSSR count). The van der Waals surface area contributed by atoms with Gasteiger partial charge >= 0.3 is 5.97 Å². The van der Waals surface area contributed by atoms with E-state index in [4.69, 9.17) is 16.3 Å². The molecule has 7 heteroatoms. The molecule has 4 aliphatic carbocycles. The lowest BCUT2D eigenvalue weighted by atomic mass is 9.45. The van der Waals surface area contributed by atoms with Crippen molar-refractivity contribution in [2.75, 3.05) is 17.9 Å². The maximum atomic E-state index is 13.2. The van der Waals surface area contributed by atoms with Gasteiger partial charge in [0.15, 0.2) is 17.2 Å². The number of carbonyl (C=O) groups is 3. The van der Waals surface area contributed by atoms with Gasteiger partial charge in [0, 0.05) is 11.8 Å². The average molecular weight is 469 g/mol. The van der Waals surface area contributed by atoms with Gasteiger partial charge in [-0.25, -0.2) is 0 Å². The van der Waals surface area contributed by atoms with E-state index in [0.29, 0.717) is 19.3 Å². The Morgan fingerprint density at radius 3 is 2.68 bits per heavy atom. The SMILES string of the molecule is CSCC(=O)O[C@]1(C(=O)CCl)CC[C@H]2[C@H]3CCC4=CC(=O)CC[C@@]4(C)[C@@H]3[C@@H](O)C[C@@]21C. The van der Waals surface area contributed by atoms with Gasteiger partial charge < -0.3 is 9.84 Å². The smallest absolute Gasteiger partial charge is 0.316 e. The third kappa shape index (κ3) is 3.34. The Labute approximate surface area is 193 Å². The number of aliphatic hydroxyl groups excluding tert-OH is 1. The Balaban J connectivity index is 1.73. The van der Waals surface area contributed by atoms with Crippen molar-refractivity contribution in [3.8, 4) is 0 Å². The van der Waals surface area contributed by atoms with Crippen molar-refractivity contribution in [1.29, 1.82) is 0 Å². The molecule has 0 spiro atoms. The topological polar surface area (TPSA) is 80.7 Å². The number of hydrogen-bond acceptors (Lipinski definition) is 6. The van der Waals surface area contributed by atoms with Crippen LogP contribution in [0.4, 0.5) is 0 Å². The van der Waals surface area contributed by atoms with Crippen LogP contribution < -0.4 is 0 Å². The predicted molar refractivity (Wildman–Crippen MR) is 121 cm³/mol. The van der Waals surface area contributed by atoms with Crippen molar-refractivity contribution >= 4 is 40.9 Å². The highest BCUT2D eigenvalue weighted by Gasteiger charge is 2.70. The van der Waals surface area contributed by atoms with Crippen molar-refractivity contribution < 1.29 is 24.2 Å². The number of allylic oxidation sites excluding steroid dienone is 1. The first-order valence-electron chi connectivity index (χ1n) is 11.3. The number of fused-ring (bicyclic) bond motifs is 5. The highest BCUT2D eigenvalue weighted by Crippen LogP contribution is 2.68. The second-order valence-corrected chi connectivity index (χ2v) is 11.5. The molecule has 1 N–H and O–H groups in total. The second-order valence-electron chi connectivity index (χ2n) is 10.4. The van der Waals surface area contributed by atoms with Crippen LogP contribution in [0, 0.1) is 28.6 Å². The summed E-state index contributed by atoms with van der Waals surface area (Å²) in [5.74, 6) is -0.00357. The number of ether oxygens (including phenoxy) is 1. The van der Waals surface area contributed by atoms with Gasteiger partial charge in [0.2, 0.25) is 0 Å². The van der Waals surface area contributed by atoms with Crippen molar-refractivity contribution in [2.45, 2.75) is 70.5 Å². The fourth-order valence-electron chi connectivity index (χ4n) is 7.81. The summed E-state index contributed by atoms with van der Waals surface area (Å²) in [7, 11) is 0. The third-order valence-electron chi connectivity index (χ3n) is 9.14. The molecule has 3 fully saturated rings. The monoisotopic (exact) mass is 468 g/mol. The Morgan fingerprint density at radius 1 is 1.26 bits per heavy atom. The molecule has 31 heavy (non-hydrogen) atoms. The van der Waals surface area contributed by atoms with Gasteiger partial charge in [-0.15, -0.1) is 11.6 Å². The fourth-order valence-corrected chi connectivity index (χ4v) is 8.32. The number of carbonyl (C=O) groups excluding carboxylic acids is 3. The van der Waals surface area contributed by atoms with Crippen LogP contribution in [0.5, 0.6) is 0 Å². The Kier molecular flexibility index (Phi) is 6.15. The molecule has 172 valence electrons. The molecule has 0 bridgehead atoms. The first kappa shape index (κ1) is 23.3. The fraction of sp³-hybridized carbons (Fsp3) is 0.792. The van der Waals surface area contributed by atoms with Gasteiger partial charge in [-0.2, -0.15) is 11.8 Å². The highest BCUT2D eigenvalue weighted by molar-refractivity contribution is 7.99. The van der Waals surface area contributed by atoms with Gasteiger partial charge in [0.05, 0.1) is 17.7 Å². The predicted octanol–water partition coefficient (Wildman–Crippen LogP) is 3.94. The van der Waals surface area contributed by atoms with Crippen LogP contribution in [0.3, 0.4) is 0 Å². The molecule has 0 heterocycles. The normalized spacial score (nSPS) is 44.0. The minimum absolute atomic E-state index is 0.0578. The largest absolute Gasteiger partial charge is 0.450 e.